The summed E-state index contributed by atoms with van der Waals surface area (Å²) in [5.74, 6) is 0.961. The summed E-state index contributed by atoms with van der Waals surface area (Å²) in [5.41, 5.74) is 3.45. The van der Waals surface area contributed by atoms with Gasteiger partial charge in [-0.25, -0.2) is 13.1 Å². The molecule has 1 saturated heterocycles. The van der Waals surface area contributed by atoms with Crippen LogP contribution in [0.25, 0.3) is 0 Å². The maximum Gasteiger partial charge on any atom is 0.264 e. The first-order chi connectivity index (χ1) is 25.0. The average molecular weight is 758 g/mol. The van der Waals surface area contributed by atoms with Gasteiger partial charge in [0, 0.05) is 48.7 Å². The number of carbonyl (C=O) groups excluding carboxylic acids is 1. The molecule has 6 atom stereocenters. The second-order valence-corrected chi connectivity index (χ2v) is 18.7. The molecular formula is C40H56ClN3O7S. The second kappa shape index (κ2) is 15.7. The van der Waals surface area contributed by atoms with E-state index >= 15 is 0 Å². The number of hydrogen-bond acceptors (Lipinski definition) is 9. The third-order valence-corrected chi connectivity index (χ3v) is 15.2. The molecule has 1 spiro atoms. The molecule has 286 valence electrons. The van der Waals surface area contributed by atoms with Crippen LogP contribution in [0.4, 0.5) is 5.69 Å². The molecule has 2 aromatic rings. The molecule has 3 heterocycles. The minimum atomic E-state index is -3.92. The Kier molecular flexibility index (Phi) is 11.5. The number of sulfonamides is 1. The SMILES string of the molecule is COCCN(C)[C@H]1CO[C@@H]([C@@H]2CCC[C@H](C)[C@@H](C)S(=O)(=O)NC(=O)c3ccc4c(c3)N(C[C@@H]3CC[C@H]32)C[C@@]2(CCCc3cc(Cl)ccc32)CO4)OC1. The topological polar surface area (TPSA) is 107 Å². The van der Waals surface area contributed by atoms with E-state index in [-0.39, 0.29) is 29.6 Å². The van der Waals surface area contributed by atoms with Gasteiger partial charge in [-0.15, -0.1) is 0 Å². The molecule has 2 aromatic carbocycles. The number of aryl methyl sites for hydroxylation is 1. The molecule has 3 aliphatic heterocycles. The smallest absolute Gasteiger partial charge is 0.264 e. The van der Waals surface area contributed by atoms with Crippen molar-refractivity contribution in [3.63, 3.8) is 0 Å². The lowest BCUT2D eigenvalue weighted by atomic mass is 9.64. The summed E-state index contributed by atoms with van der Waals surface area (Å²) in [5, 5.41) is 0.0154. The van der Waals surface area contributed by atoms with Gasteiger partial charge in [-0.3, -0.25) is 9.69 Å². The van der Waals surface area contributed by atoms with Crippen LogP contribution in [0.5, 0.6) is 5.75 Å². The van der Waals surface area contributed by atoms with Crippen molar-refractivity contribution in [1.29, 1.82) is 0 Å². The van der Waals surface area contributed by atoms with E-state index in [0.717, 1.165) is 87.5 Å². The third-order valence-electron chi connectivity index (χ3n) is 13.0. The number of anilines is 1. The number of ether oxygens (including phenoxy) is 4. The van der Waals surface area contributed by atoms with Gasteiger partial charge < -0.3 is 23.8 Å². The summed E-state index contributed by atoms with van der Waals surface area (Å²) in [7, 11) is -0.112. The van der Waals surface area contributed by atoms with Crippen LogP contribution < -0.4 is 14.4 Å². The van der Waals surface area contributed by atoms with Crippen molar-refractivity contribution >= 4 is 33.2 Å². The fourth-order valence-electron chi connectivity index (χ4n) is 9.40. The Morgan fingerprint density at radius 2 is 1.85 bits per heavy atom. The summed E-state index contributed by atoms with van der Waals surface area (Å²) >= 11 is 6.49. The molecular weight excluding hydrogens is 702 g/mol. The molecule has 2 fully saturated rings. The number of rotatable bonds is 5. The second-order valence-electron chi connectivity index (χ2n) is 16.2. The van der Waals surface area contributed by atoms with Crippen LogP contribution in [-0.4, -0.2) is 97.0 Å². The molecule has 2 bridgehead atoms. The van der Waals surface area contributed by atoms with Crippen LogP contribution in [0, 0.1) is 23.7 Å². The monoisotopic (exact) mass is 757 g/mol. The molecule has 10 nitrogen and oxygen atoms in total. The van der Waals surface area contributed by atoms with Crippen molar-refractivity contribution in [2.45, 2.75) is 88.2 Å². The molecule has 12 heteroatoms. The van der Waals surface area contributed by atoms with E-state index in [1.165, 1.54) is 11.1 Å². The van der Waals surface area contributed by atoms with Gasteiger partial charge in [0.05, 0.1) is 43.4 Å². The van der Waals surface area contributed by atoms with Crippen LogP contribution in [0.2, 0.25) is 5.02 Å². The lowest BCUT2D eigenvalue weighted by molar-refractivity contribution is -0.242. The molecule has 5 aliphatic rings. The molecule has 1 saturated carbocycles. The van der Waals surface area contributed by atoms with E-state index in [1.807, 2.05) is 25.1 Å². The molecule has 52 heavy (non-hydrogen) atoms. The Bertz CT molecular complexity index is 1700. The zero-order chi connectivity index (χ0) is 36.6. The fraction of sp³-hybridized carbons (Fsp3) is 0.675. The van der Waals surface area contributed by atoms with Gasteiger partial charge in [-0.1, -0.05) is 31.0 Å². The van der Waals surface area contributed by atoms with Gasteiger partial charge in [0.25, 0.3) is 5.91 Å². The predicted octanol–water partition coefficient (Wildman–Crippen LogP) is 6.04. The Labute approximate surface area is 314 Å². The first kappa shape index (κ1) is 37.9. The number of hydrogen-bond donors (Lipinski definition) is 1. The van der Waals surface area contributed by atoms with Crippen molar-refractivity contribution in [1.82, 2.24) is 9.62 Å². The summed E-state index contributed by atoms with van der Waals surface area (Å²) < 4.78 is 54.6. The van der Waals surface area contributed by atoms with Crippen molar-refractivity contribution in [3.8, 4) is 5.75 Å². The number of halogens is 1. The summed E-state index contributed by atoms with van der Waals surface area (Å²) in [6, 6.07) is 11.8. The van der Waals surface area contributed by atoms with E-state index in [4.69, 9.17) is 30.5 Å². The molecule has 0 radical (unpaired) electrons. The number of amides is 1. The highest BCUT2D eigenvalue weighted by Crippen LogP contribution is 2.49. The standard InChI is InChI=1S/C40H56ClN3O7S/c1-26-7-5-9-34(39-49-22-32(23-50-39)43(3)17-18-48-4)33-13-10-30(33)21-44-24-40(16-6-8-28-19-31(41)12-14-35(28)40)25-51-37-15-11-29(20-36(37)44)38(45)42-52(46,47)27(26)2/h11-12,14-15,19-20,26-27,30,32-34,39H,5-10,13,16-18,21-25H2,1-4H3,(H,42,45)/t26-,27+,30-,32-,33+,34+,39+,40-/m0/s1. The van der Waals surface area contributed by atoms with Crippen LogP contribution in [-0.2, 0) is 36.1 Å². The summed E-state index contributed by atoms with van der Waals surface area (Å²) in [6.07, 6.45) is 7.38. The van der Waals surface area contributed by atoms with E-state index in [9.17, 15) is 13.2 Å². The van der Waals surface area contributed by atoms with E-state index in [1.54, 1.807) is 20.1 Å². The van der Waals surface area contributed by atoms with Gasteiger partial charge in [-0.05, 0) is 118 Å². The highest BCUT2D eigenvalue weighted by Gasteiger charge is 2.47. The lowest BCUT2D eigenvalue weighted by Gasteiger charge is -2.49. The number of fused-ring (bicyclic) bond motifs is 4. The maximum absolute atomic E-state index is 13.6. The number of carbonyl (C=O) groups is 1. The van der Waals surface area contributed by atoms with Crippen molar-refractivity contribution < 1.29 is 32.2 Å². The molecule has 2 aliphatic carbocycles. The normalized spacial score (nSPS) is 33.6. The summed E-state index contributed by atoms with van der Waals surface area (Å²) in [4.78, 5) is 18.3. The zero-order valence-corrected chi connectivity index (χ0v) is 32.7. The third kappa shape index (κ3) is 7.73. The van der Waals surface area contributed by atoms with Crippen LogP contribution in [0.3, 0.4) is 0 Å². The lowest BCUT2D eigenvalue weighted by Crippen LogP contribution is -2.52. The van der Waals surface area contributed by atoms with Gasteiger partial charge in [0.2, 0.25) is 10.0 Å². The van der Waals surface area contributed by atoms with Crippen LogP contribution in [0.1, 0.15) is 80.3 Å². The highest BCUT2D eigenvalue weighted by molar-refractivity contribution is 7.90. The molecule has 0 aromatic heterocycles. The number of nitrogens with one attached hydrogen (secondary N) is 1. The predicted molar refractivity (Wildman–Crippen MR) is 203 cm³/mol. The Hall–Kier alpha value is -2.41. The minimum Gasteiger partial charge on any atom is -0.490 e. The molecule has 1 N–H and O–H groups in total. The maximum atomic E-state index is 13.6. The van der Waals surface area contributed by atoms with Gasteiger partial charge in [0.1, 0.15) is 5.75 Å². The Balaban J connectivity index is 1.23. The number of methoxy groups -OCH3 is 1. The van der Waals surface area contributed by atoms with Crippen LogP contribution in [0.15, 0.2) is 36.4 Å². The van der Waals surface area contributed by atoms with E-state index < -0.39 is 21.2 Å². The minimum absolute atomic E-state index is 0.136. The number of benzene rings is 2. The van der Waals surface area contributed by atoms with Gasteiger partial charge in [-0.2, -0.15) is 0 Å². The Morgan fingerprint density at radius 1 is 1.04 bits per heavy atom. The van der Waals surface area contributed by atoms with Crippen molar-refractivity contribution in [3.05, 3.63) is 58.1 Å². The van der Waals surface area contributed by atoms with Crippen molar-refractivity contribution in [2.75, 3.05) is 65.1 Å². The van der Waals surface area contributed by atoms with Gasteiger partial charge >= 0.3 is 0 Å². The molecule has 1 amide bonds. The van der Waals surface area contributed by atoms with E-state index in [0.29, 0.717) is 43.8 Å². The largest absolute Gasteiger partial charge is 0.490 e. The fourth-order valence-corrected chi connectivity index (χ4v) is 10.9. The first-order valence-electron chi connectivity index (χ1n) is 19.3. The summed E-state index contributed by atoms with van der Waals surface area (Å²) in [6.45, 7) is 8.40. The van der Waals surface area contributed by atoms with E-state index in [2.05, 4.69) is 33.7 Å². The molecule has 7 rings (SSSR count). The van der Waals surface area contributed by atoms with Gasteiger partial charge in [0.15, 0.2) is 6.29 Å². The number of likely N-dealkylation sites (N-methyl/N-ethyl adjacent to an activating group) is 1. The quantitative estimate of drug-likeness (QED) is 0.391. The molecule has 0 unspecified atom stereocenters. The highest BCUT2D eigenvalue weighted by atomic mass is 35.5. The average Bonchev–Trinajstić information content (AvgIpc) is 3.27. The number of nitrogens with zero attached hydrogens (tertiary/aromatic N) is 2. The first-order valence-corrected chi connectivity index (χ1v) is 21.2. The Morgan fingerprint density at radius 3 is 2.60 bits per heavy atom. The van der Waals surface area contributed by atoms with Crippen LogP contribution >= 0.6 is 11.6 Å². The van der Waals surface area contributed by atoms with Crippen molar-refractivity contribution in [2.24, 2.45) is 23.7 Å². The zero-order valence-electron chi connectivity index (χ0n) is 31.2.